The van der Waals surface area contributed by atoms with Gasteiger partial charge in [0.25, 0.3) is 0 Å². The molecule has 0 heterocycles. The Kier molecular flexibility index (Phi) is 3.60. The van der Waals surface area contributed by atoms with Crippen LogP contribution in [0.4, 0.5) is 0 Å². The highest BCUT2D eigenvalue weighted by atomic mass is 79.9. The SMILES string of the molecule is Brc1ccccc1COC1CCCC1. The molecule has 0 spiro atoms. The highest BCUT2D eigenvalue weighted by Gasteiger charge is 2.15. The lowest BCUT2D eigenvalue weighted by atomic mass is 10.2. The Hall–Kier alpha value is -0.340. The van der Waals surface area contributed by atoms with E-state index in [4.69, 9.17) is 4.74 Å². The second kappa shape index (κ2) is 4.94. The molecule has 2 heteroatoms. The molecule has 14 heavy (non-hydrogen) atoms. The van der Waals surface area contributed by atoms with Gasteiger partial charge in [-0.05, 0) is 24.5 Å². The minimum absolute atomic E-state index is 0.502. The van der Waals surface area contributed by atoms with Crippen molar-refractivity contribution >= 4 is 15.9 Å². The maximum absolute atomic E-state index is 5.84. The highest BCUT2D eigenvalue weighted by molar-refractivity contribution is 9.10. The summed E-state index contributed by atoms with van der Waals surface area (Å²) in [6.07, 6.45) is 5.65. The first-order valence-electron chi connectivity index (χ1n) is 5.21. The Morgan fingerprint density at radius 2 is 1.93 bits per heavy atom. The molecule has 0 N–H and O–H groups in total. The third-order valence-electron chi connectivity index (χ3n) is 2.73. The normalized spacial score (nSPS) is 17.5. The summed E-state index contributed by atoms with van der Waals surface area (Å²) in [7, 11) is 0. The largest absolute Gasteiger partial charge is 0.374 e. The van der Waals surface area contributed by atoms with Crippen molar-refractivity contribution in [1.29, 1.82) is 0 Å². The number of hydrogen-bond acceptors (Lipinski definition) is 1. The molecule has 0 unspecified atom stereocenters. The van der Waals surface area contributed by atoms with Crippen LogP contribution in [0.2, 0.25) is 0 Å². The number of hydrogen-bond donors (Lipinski definition) is 0. The standard InChI is InChI=1S/C12H15BrO/c13-12-8-4-1-5-10(12)9-14-11-6-2-3-7-11/h1,4-5,8,11H,2-3,6-7,9H2. The molecule has 1 aromatic rings. The van der Waals surface area contributed by atoms with Crippen LogP contribution in [-0.4, -0.2) is 6.10 Å². The van der Waals surface area contributed by atoms with Crippen molar-refractivity contribution in [3.63, 3.8) is 0 Å². The first-order chi connectivity index (χ1) is 6.86. The van der Waals surface area contributed by atoms with Crippen LogP contribution >= 0.6 is 15.9 Å². The van der Waals surface area contributed by atoms with Crippen LogP contribution in [0.25, 0.3) is 0 Å². The molecule has 1 fully saturated rings. The summed E-state index contributed by atoms with van der Waals surface area (Å²) in [5.41, 5.74) is 1.25. The van der Waals surface area contributed by atoms with Gasteiger partial charge in [-0.1, -0.05) is 47.0 Å². The Labute approximate surface area is 93.6 Å². The Morgan fingerprint density at radius 3 is 2.64 bits per heavy atom. The van der Waals surface area contributed by atoms with Gasteiger partial charge in [-0.25, -0.2) is 0 Å². The molecule has 1 nitrogen and oxygen atoms in total. The molecule has 1 aliphatic rings. The smallest absolute Gasteiger partial charge is 0.0731 e. The van der Waals surface area contributed by atoms with Crippen molar-refractivity contribution < 1.29 is 4.74 Å². The quantitative estimate of drug-likeness (QED) is 0.795. The van der Waals surface area contributed by atoms with E-state index in [2.05, 4.69) is 34.1 Å². The van der Waals surface area contributed by atoms with Crippen LogP contribution in [0.1, 0.15) is 31.2 Å². The lowest BCUT2D eigenvalue weighted by molar-refractivity contribution is 0.0454. The monoisotopic (exact) mass is 254 g/mol. The summed E-state index contributed by atoms with van der Waals surface area (Å²) >= 11 is 3.53. The molecule has 1 aromatic carbocycles. The van der Waals surface area contributed by atoms with Gasteiger partial charge in [0.15, 0.2) is 0 Å². The molecule has 1 aliphatic carbocycles. The Balaban J connectivity index is 1.88. The van der Waals surface area contributed by atoms with Crippen LogP contribution in [0, 0.1) is 0 Å². The molecular formula is C12H15BrO. The summed E-state index contributed by atoms with van der Waals surface area (Å²) in [5.74, 6) is 0. The van der Waals surface area contributed by atoms with E-state index in [1.165, 1.54) is 31.2 Å². The van der Waals surface area contributed by atoms with E-state index in [9.17, 15) is 0 Å². The average molecular weight is 255 g/mol. The van der Waals surface area contributed by atoms with Gasteiger partial charge in [0.05, 0.1) is 12.7 Å². The summed E-state index contributed by atoms with van der Waals surface area (Å²) in [6, 6.07) is 8.26. The number of rotatable bonds is 3. The van der Waals surface area contributed by atoms with E-state index >= 15 is 0 Å². The van der Waals surface area contributed by atoms with E-state index in [0.717, 1.165) is 11.1 Å². The van der Waals surface area contributed by atoms with Crippen molar-refractivity contribution in [3.05, 3.63) is 34.3 Å². The average Bonchev–Trinajstić information content (AvgIpc) is 2.69. The second-order valence-electron chi connectivity index (χ2n) is 3.81. The van der Waals surface area contributed by atoms with Crippen molar-refractivity contribution in [2.24, 2.45) is 0 Å². The zero-order chi connectivity index (χ0) is 9.80. The molecule has 1 saturated carbocycles. The molecule has 0 atom stereocenters. The van der Waals surface area contributed by atoms with Gasteiger partial charge < -0.3 is 4.74 Å². The molecule has 0 aliphatic heterocycles. The van der Waals surface area contributed by atoms with E-state index in [0.29, 0.717) is 6.10 Å². The predicted octanol–water partition coefficient (Wildman–Crippen LogP) is 3.91. The lowest BCUT2D eigenvalue weighted by Gasteiger charge is -2.11. The lowest BCUT2D eigenvalue weighted by Crippen LogP contribution is -2.07. The first-order valence-corrected chi connectivity index (χ1v) is 6.00. The Morgan fingerprint density at radius 1 is 1.21 bits per heavy atom. The van der Waals surface area contributed by atoms with Crippen molar-refractivity contribution in [1.82, 2.24) is 0 Å². The third-order valence-corrected chi connectivity index (χ3v) is 3.51. The van der Waals surface area contributed by atoms with Crippen LogP contribution in [-0.2, 0) is 11.3 Å². The van der Waals surface area contributed by atoms with Crippen molar-refractivity contribution in [2.75, 3.05) is 0 Å². The summed E-state index contributed by atoms with van der Waals surface area (Å²) in [4.78, 5) is 0. The fourth-order valence-corrected chi connectivity index (χ4v) is 2.28. The zero-order valence-electron chi connectivity index (χ0n) is 8.21. The van der Waals surface area contributed by atoms with Crippen LogP contribution in [0.3, 0.4) is 0 Å². The van der Waals surface area contributed by atoms with Gasteiger partial charge in [0.1, 0.15) is 0 Å². The topological polar surface area (TPSA) is 9.23 Å². The van der Waals surface area contributed by atoms with E-state index < -0.39 is 0 Å². The maximum atomic E-state index is 5.84. The number of ether oxygens (including phenoxy) is 1. The second-order valence-corrected chi connectivity index (χ2v) is 4.66. The van der Waals surface area contributed by atoms with Crippen molar-refractivity contribution in [2.45, 2.75) is 38.4 Å². The third kappa shape index (κ3) is 2.58. The van der Waals surface area contributed by atoms with Gasteiger partial charge in [0.2, 0.25) is 0 Å². The molecular weight excluding hydrogens is 240 g/mol. The molecule has 0 amide bonds. The fourth-order valence-electron chi connectivity index (χ4n) is 1.88. The first kappa shape index (κ1) is 10.2. The van der Waals surface area contributed by atoms with Gasteiger partial charge in [-0.3, -0.25) is 0 Å². The number of benzene rings is 1. The minimum atomic E-state index is 0.502. The summed E-state index contributed by atoms with van der Waals surface area (Å²) < 4.78 is 6.99. The molecule has 0 radical (unpaired) electrons. The summed E-state index contributed by atoms with van der Waals surface area (Å²) in [6.45, 7) is 0.742. The predicted molar refractivity (Wildman–Crippen MR) is 61.2 cm³/mol. The van der Waals surface area contributed by atoms with E-state index in [1.54, 1.807) is 0 Å². The van der Waals surface area contributed by atoms with Gasteiger partial charge in [-0.15, -0.1) is 0 Å². The fraction of sp³-hybridized carbons (Fsp3) is 0.500. The minimum Gasteiger partial charge on any atom is -0.374 e. The van der Waals surface area contributed by atoms with Gasteiger partial charge in [0, 0.05) is 4.47 Å². The van der Waals surface area contributed by atoms with Gasteiger partial charge in [-0.2, -0.15) is 0 Å². The van der Waals surface area contributed by atoms with Crippen LogP contribution in [0.15, 0.2) is 28.7 Å². The van der Waals surface area contributed by atoms with Crippen molar-refractivity contribution in [3.8, 4) is 0 Å². The maximum Gasteiger partial charge on any atom is 0.0731 e. The zero-order valence-corrected chi connectivity index (χ0v) is 9.79. The molecule has 0 aromatic heterocycles. The van der Waals surface area contributed by atoms with E-state index in [1.807, 2.05) is 6.07 Å². The number of halogens is 1. The molecule has 76 valence electrons. The molecule has 0 bridgehead atoms. The molecule has 2 rings (SSSR count). The van der Waals surface area contributed by atoms with E-state index in [-0.39, 0.29) is 0 Å². The highest BCUT2D eigenvalue weighted by Crippen LogP contribution is 2.23. The summed E-state index contributed by atoms with van der Waals surface area (Å²) in [5, 5.41) is 0. The Bertz CT molecular complexity index is 292. The van der Waals surface area contributed by atoms with Crippen LogP contribution in [0.5, 0.6) is 0 Å². The molecule has 0 saturated heterocycles. The van der Waals surface area contributed by atoms with Gasteiger partial charge >= 0.3 is 0 Å². The van der Waals surface area contributed by atoms with Crippen LogP contribution < -0.4 is 0 Å².